The molecule has 1 fully saturated rings. The van der Waals surface area contributed by atoms with Gasteiger partial charge in [-0.25, -0.2) is 4.39 Å². The zero-order chi connectivity index (χ0) is 20.2. The second kappa shape index (κ2) is 8.95. The molecule has 3 aromatic rings. The fourth-order valence-corrected chi connectivity index (χ4v) is 4.24. The van der Waals surface area contributed by atoms with Crippen LogP contribution in [-0.2, 0) is 13.1 Å². The monoisotopic (exact) mass is 397 g/mol. The zero-order valence-electron chi connectivity index (χ0n) is 16.8. The lowest BCUT2D eigenvalue weighted by atomic mass is 10.1. The topological polar surface area (TPSA) is 51.7 Å². The Morgan fingerprint density at radius 3 is 2.79 bits per heavy atom. The number of ether oxygens (including phenoxy) is 1. The second-order valence-corrected chi connectivity index (χ2v) is 7.69. The van der Waals surface area contributed by atoms with Gasteiger partial charge in [0.1, 0.15) is 11.6 Å². The van der Waals surface area contributed by atoms with Crippen molar-refractivity contribution < 1.29 is 14.2 Å². The Bertz CT molecular complexity index is 958. The van der Waals surface area contributed by atoms with Crippen LogP contribution in [0.15, 0.2) is 48.7 Å². The van der Waals surface area contributed by atoms with Gasteiger partial charge >= 0.3 is 0 Å². The minimum absolute atomic E-state index is 0.132. The van der Waals surface area contributed by atoms with E-state index in [1.807, 2.05) is 6.07 Å². The van der Waals surface area contributed by atoms with Gasteiger partial charge in [0.25, 0.3) is 0 Å². The lowest BCUT2D eigenvalue weighted by Crippen LogP contribution is -2.52. The molecule has 0 aliphatic carbocycles. The molecule has 1 saturated heterocycles. The number of aliphatic hydroxyl groups excluding tert-OH is 1. The summed E-state index contributed by atoms with van der Waals surface area (Å²) in [5.41, 5.74) is 3.11. The molecule has 4 rings (SSSR count). The Morgan fingerprint density at radius 2 is 2.00 bits per heavy atom. The van der Waals surface area contributed by atoms with Crippen LogP contribution in [-0.4, -0.2) is 59.3 Å². The minimum atomic E-state index is -0.242. The maximum Gasteiger partial charge on any atom is 0.131 e. The first-order valence-corrected chi connectivity index (χ1v) is 10.1. The fourth-order valence-electron chi connectivity index (χ4n) is 4.24. The molecule has 5 nitrogen and oxygen atoms in total. The van der Waals surface area contributed by atoms with Gasteiger partial charge in [0.15, 0.2) is 0 Å². The van der Waals surface area contributed by atoms with Gasteiger partial charge in [-0.15, -0.1) is 0 Å². The SMILES string of the molecule is COc1ccc(CN2CCN(Cc3c[nH]c4ccccc34)C[C@H]2CCO)c(F)c1. The molecule has 2 N–H and O–H groups in total. The van der Waals surface area contributed by atoms with Crippen LogP contribution in [0.1, 0.15) is 17.5 Å². The number of aliphatic hydroxyl groups is 1. The van der Waals surface area contributed by atoms with Crippen molar-refractivity contribution in [2.24, 2.45) is 0 Å². The Balaban J connectivity index is 1.44. The Kier molecular flexibility index (Phi) is 6.13. The molecule has 6 heteroatoms. The summed E-state index contributed by atoms with van der Waals surface area (Å²) in [7, 11) is 1.54. The van der Waals surface area contributed by atoms with Gasteiger partial charge in [0.2, 0.25) is 0 Å². The molecule has 29 heavy (non-hydrogen) atoms. The van der Waals surface area contributed by atoms with Crippen molar-refractivity contribution in [3.05, 3.63) is 65.6 Å². The van der Waals surface area contributed by atoms with Crippen LogP contribution >= 0.6 is 0 Å². The molecular formula is C23H28FN3O2. The third kappa shape index (κ3) is 4.45. The molecule has 2 aromatic carbocycles. The number of fused-ring (bicyclic) bond motifs is 1. The van der Waals surface area contributed by atoms with Crippen molar-refractivity contribution >= 4 is 10.9 Å². The number of para-hydroxylation sites is 1. The Morgan fingerprint density at radius 1 is 1.14 bits per heavy atom. The number of hydrogen-bond donors (Lipinski definition) is 2. The molecule has 1 aliphatic heterocycles. The maximum absolute atomic E-state index is 14.4. The summed E-state index contributed by atoms with van der Waals surface area (Å²) in [6.45, 7) is 4.17. The first-order valence-electron chi connectivity index (χ1n) is 10.1. The first kappa shape index (κ1) is 19.9. The van der Waals surface area contributed by atoms with Gasteiger partial charge in [-0.05, 0) is 24.1 Å². The average molecular weight is 397 g/mol. The Hall–Kier alpha value is -2.41. The van der Waals surface area contributed by atoms with Crippen molar-refractivity contribution in [2.75, 3.05) is 33.4 Å². The third-order valence-electron chi connectivity index (χ3n) is 5.85. The number of halogens is 1. The predicted octanol–water partition coefficient (Wildman–Crippen LogP) is 3.38. The molecular weight excluding hydrogens is 369 g/mol. The molecule has 2 heterocycles. The van der Waals surface area contributed by atoms with Crippen molar-refractivity contribution in [3.63, 3.8) is 0 Å². The minimum Gasteiger partial charge on any atom is -0.497 e. The van der Waals surface area contributed by atoms with E-state index in [2.05, 4.69) is 39.2 Å². The van der Waals surface area contributed by atoms with Gasteiger partial charge < -0.3 is 14.8 Å². The highest BCUT2D eigenvalue weighted by Gasteiger charge is 2.27. The molecule has 0 bridgehead atoms. The van der Waals surface area contributed by atoms with Gasteiger partial charge in [-0.3, -0.25) is 9.80 Å². The van der Waals surface area contributed by atoms with Crippen molar-refractivity contribution in [1.29, 1.82) is 0 Å². The van der Waals surface area contributed by atoms with Crippen molar-refractivity contribution in [2.45, 2.75) is 25.6 Å². The summed E-state index contributed by atoms with van der Waals surface area (Å²) in [5, 5.41) is 10.8. The van der Waals surface area contributed by atoms with Crippen molar-refractivity contribution in [1.82, 2.24) is 14.8 Å². The van der Waals surface area contributed by atoms with E-state index in [-0.39, 0.29) is 18.5 Å². The summed E-state index contributed by atoms with van der Waals surface area (Å²) >= 11 is 0. The van der Waals surface area contributed by atoms with Crippen LogP contribution in [0, 0.1) is 5.82 Å². The summed E-state index contributed by atoms with van der Waals surface area (Å²) in [4.78, 5) is 8.05. The van der Waals surface area contributed by atoms with Gasteiger partial charge in [-0.2, -0.15) is 0 Å². The van der Waals surface area contributed by atoms with E-state index >= 15 is 0 Å². The smallest absolute Gasteiger partial charge is 0.131 e. The second-order valence-electron chi connectivity index (χ2n) is 7.69. The number of hydrogen-bond acceptors (Lipinski definition) is 4. The number of rotatable bonds is 7. The van der Waals surface area contributed by atoms with Gasteiger partial charge in [-0.1, -0.05) is 24.3 Å². The fraction of sp³-hybridized carbons (Fsp3) is 0.391. The number of piperazine rings is 1. The van der Waals surface area contributed by atoms with E-state index in [1.54, 1.807) is 19.2 Å². The number of aromatic amines is 1. The zero-order valence-corrected chi connectivity index (χ0v) is 16.8. The number of H-pyrrole nitrogens is 1. The molecule has 0 spiro atoms. The summed E-state index contributed by atoms with van der Waals surface area (Å²) < 4.78 is 19.5. The highest BCUT2D eigenvalue weighted by molar-refractivity contribution is 5.82. The molecule has 1 aliphatic rings. The molecule has 154 valence electrons. The average Bonchev–Trinajstić information content (AvgIpc) is 3.14. The van der Waals surface area contributed by atoms with E-state index in [0.717, 1.165) is 31.7 Å². The van der Waals surface area contributed by atoms with E-state index < -0.39 is 0 Å². The lowest BCUT2D eigenvalue weighted by Gasteiger charge is -2.41. The van der Waals surface area contributed by atoms with Crippen LogP contribution in [0.25, 0.3) is 10.9 Å². The van der Waals surface area contributed by atoms with E-state index in [1.165, 1.54) is 17.0 Å². The standard InChI is InChI=1S/C23H28FN3O2/c1-29-20-7-6-17(22(24)12-20)15-27-10-9-26(16-19(27)8-11-28)14-18-13-25-23-5-3-2-4-21(18)23/h2-7,12-13,19,25,28H,8-11,14-16H2,1H3/t19-/m1/s1. The largest absolute Gasteiger partial charge is 0.497 e. The molecule has 1 atom stereocenters. The van der Waals surface area contributed by atoms with Gasteiger partial charge in [0, 0.05) is 74.1 Å². The lowest BCUT2D eigenvalue weighted by molar-refractivity contribution is 0.0495. The van der Waals surface area contributed by atoms with Crippen molar-refractivity contribution in [3.8, 4) is 5.75 Å². The molecule has 0 amide bonds. The van der Waals surface area contributed by atoms with Crippen LogP contribution in [0.5, 0.6) is 5.75 Å². The van der Waals surface area contributed by atoms with Crippen LogP contribution in [0.2, 0.25) is 0 Å². The Labute approximate surface area is 170 Å². The summed E-state index contributed by atoms with van der Waals surface area (Å²) in [6.07, 6.45) is 2.77. The quantitative estimate of drug-likeness (QED) is 0.642. The number of benzene rings is 2. The van der Waals surface area contributed by atoms with Crippen LogP contribution in [0.3, 0.4) is 0 Å². The summed E-state index contributed by atoms with van der Waals surface area (Å²) in [5.74, 6) is 0.287. The van der Waals surface area contributed by atoms with E-state index in [0.29, 0.717) is 24.3 Å². The highest BCUT2D eigenvalue weighted by atomic mass is 19.1. The normalized spacial score (nSPS) is 18.4. The number of nitrogens with zero attached hydrogens (tertiary/aromatic N) is 2. The van der Waals surface area contributed by atoms with E-state index in [9.17, 15) is 9.50 Å². The van der Waals surface area contributed by atoms with Crippen LogP contribution in [0.4, 0.5) is 4.39 Å². The number of aromatic nitrogens is 1. The summed E-state index contributed by atoms with van der Waals surface area (Å²) in [6, 6.07) is 13.6. The van der Waals surface area contributed by atoms with Gasteiger partial charge in [0.05, 0.1) is 7.11 Å². The molecule has 0 radical (unpaired) electrons. The molecule has 1 aromatic heterocycles. The van der Waals surface area contributed by atoms with Crippen LogP contribution < -0.4 is 4.74 Å². The first-order chi connectivity index (χ1) is 14.2. The maximum atomic E-state index is 14.4. The number of methoxy groups -OCH3 is 1. The highest BCUT2D eigenvalue weighted by Crippen LogP contribution is 2.24. The third-order valence-corrected chi connectivity index (χ3v) is 5.85. The predicted molar refractivity (Wildman–Crippen MR) is 112 cm³/mol. The van der Waals surface area contributed by atoms with E-state index in [4.69, 9.17) is 4.74 Å². The number of nitrogens with one attached hydrogen (secondary N) is 1. The molecule has 0 saturated carbocycles. The molecule has 0 unspecified atom stereocenters.